The van der Waals surface area contributed by atoms with Gasteiger partial charge in [-0.25, -0.2) is 9.37 Å². The highest BCUT2D eigenvalue weighted by Gasteiger charge is 2.14. The molecule has 3 aromatic carbocycles. The zero-order valence-electron chi connectivity index (χ0n) is 16.1. The maximum atomic E-state index is 13.3. The van der Waals surface area contributed by atoms with Crippen molar-refractivity contribution in [1.29, 1.82) is 0 Å². The molecule has 1 amide bonds. The van der Waals surface area contributed by atoms with Crippen molar-refractivity contribution in [3.63, 3.8) is 0 Å². The lowest BCUT2D eigenvalue weighted by Gasteiger charge is -2.08. The Labute approximate surface area is 177 Å². The van der Waals surface area contributed by atoms with Crippen LogP contribution in [0.4, 0.5) is 10.1 Å². The summed E-state index contributed by atoms with van der Waals surface area (Å²) in [7, 11) is 0. The maximum absolute atomic E-state index is 13.3. The molecule has 0 atom stereocenters. The first kappa shape index (κ1) is 19.9. The summed E-state index contributed by atoms with van der Waals surface area (Å²) in [6.45, 7) is 2.61. The molecule has 0 saturated carbocycles. The number of amides is 1. The molecule has 0 fully saturated rings. The molecule has 5 nitrogen and oxygen atoms in total. The van der Waals surface area contributed by atoms with E-state index < -0.39 is 5.82 Å². The van der Waals surface area contributed by atoms with Gasteiger partial charge in [0, 0.05) is 11.3 Å². The summed E-state index contributed by atoms with van der Waals surface area (Å²) in [5.74, 6) is 0.229. The van der Waals surface area contributed by atoms with E-state index >= 15 is 0 Å². The number of oxazole rings is 1. The molecule has 30 heavy (non-hydrogen) atoms. The third-order valence-electron chi connectivity index (χ3n) is 4.38. The lowest BCUT2D eigenvalue weighted by atomic mass is 10.2. The molecule has 0 radical (unpaired) electrons. The third kappa shape index (κ3) is 4.28. The molecule has 1 N–H and O–H groups in total. The molecule has 152 valence electrons. The molecule has 0 spiro atoms. The molecule has 1 aromatic heterocycles. The van der Waals surface area contributed by atoms with E-state index in [1.165, 1.54) is 18.2 Å². The number of nitrogens with zero attached hydrogens (tertiary/aromatic N) is 1. The summed E-state index contributed by atoms with van der Waals surface area (Å²) >= 11 is 6.10. The van der Waals surface area contributed by atoms with Gasteiger partial charge in [-0.05, 0) is 61.0 Å². The molecule has 4 aromatic rings. The molecule has 1 heterocycles. The Bertz CT molecular complexity index is 1220. The largest absolute Gasteiger partial charge is 0.494 e. The van der Waals surface area contributed by atoms with E-state index in [9.17, 15) is 9.18 Å². The number of rotatable bonds is 6. The topological polar surface area (TPSA) is 64.4 Å². The first-order valence-corrected chi connectivity index (χ1v) is 9.81. The van der Waals surface area contributed by atoms with Crippen molar-refractivity contribution in [2.24, 2.45) is 0 Å². The van der Waals surface area contributed by atoms with Gasteiger partial charge < -0.3 is 14.5 Å². The Hall–Kier alpha value is -3.38. The number of hydrogen-bond donors (Lipinski definition) is 1. The lowest BCUT2D eigenvalue weighted by Crippen LogP contribution is -2.12. The van der Waals surface area contributed by atoms with Gasteiger partial charge in [0.15, 0.2) is 5.58 Å². The van der Waals surface area contributed by atoms with Crippen LogP contribution in [0.3, 0.4) is 0 Å². The third-order valence-corrected chi connectivity index (χ3v) is 4.69. The van der Waals surface area contributed by atoms with Crippen LogP contribution in [0.5, 0.6) is 5.75 Å². The summed E-state index contributed by atoms with van der Waals surface area (Å²) in [5.41, 5.74) is 2.62. The highest BCUT2D eigenvalue weighted by Crippen LogP contribution is 2.31. The fourth-order valence-electron chi connectivity index (χ4n) is 2.93. The number of aromatic nitrogens is 1. The van der Waals surface area contributed by atoms with Crippen LogP contribution in [-0.2, 0) is 0 Å². The molecular weight excluding hydrogens is 407 g/mol. The summed E-state index contributed by atoms with van der Waals surface area (Å²) in [4.78, 5) is 17.0. The highest BCUT2D eigenvalue weighted by molar-refractivity contribution is 6.33. The summed E-state index contributed by atoms with van der Waals surface area (Å²) in [6.07, 6.45) is 0.888. The normalized spacial score (nSPS) is 10.9. The Kier molecular flexibility index (Phi) is 5.68. The molecule has 7 heteroatoms. The molecule has 0 aliphatic heterocycles. The van der Waals surface area contributed by atoms with Crippen LogP contribution < -0.4 is 10.1 Å². The van der Waals surface area contributed by atoms with Gasteiger partial charge in [-0.2, -0.15) is 0 Å². The van der Waals surface area contributed by atoms with E-state index in [4.69, 9.17) is 20.8 Å². The Morgan fingerprint density at radius 2 is 2.03 bits per heavy atom. The average molecular weight is 425 g/mol. The number of nitrogens with one attached hydrogen (secondary N) is 1. The quantitative estimate of drug-likeness (QED) is 0.393. The van der Waals surface area contributed by atoms with Crippen LogP contribution in [0.2, 0.25) is 5.02 Å². The fraction of sp³-hybridized carbons (Fsp3) is 0.130. The number of carbonyl (C=O) groups excluding carboxylic acids is 1. The molecule has 0 saturated heterocycles. The van der Waals surface area contributed by atoms with E-state index in [0.29, 0.717) is 40.3 Å². The Morgan fingerprint density at radius 3 is 2.83 bits per heavy atom. The minimum Gasteiger partial charge on any atom is -0.494 e. The number of anilines is 1. The van der Waals surface area contributed by atoms with Crippen molar-refractivity contribution in [2.75, 3.05) is 11.9 Å². The molecule has 0 aliphatic carbocycles. The van der Waals surface area contributed by atoms with E-state index in [-0.39, 0.29) is 16.8 Å². The van der Waals surface area contributed by atoms with Crippen molar-refractivity contribution in [2.45, 2.75) is 13.3 Å². The number of benzene rings is 3. The van der Waals surface area contributed by atoms with Crippen LogP contribution in [-0.4, -0.2) is 17.5 Å². The molecule has 0 unspecified atom stereocenters. The minimum absolute atomic E-state index is 0.209. The minimum atomic E-state index is -0.436. The van der Waals surface area contributed by atoms with E-state index in [1.54, 1.807) is 36.4 Å². The maximum Gasteiger partial charge on any atom is 0.255 e. The predicted octanol–water partition coefficient (Wildman–Crippen LogP) is 6.33. The number of ether oxygens (including phenoxy) is 1. The summed E-state index contributed by atoms with van der Waals surface area (Å²) in [5, 5.41) is 3.06. The van der Waals surface area contributed by atoms with Gasteiger partial charge in [-0.15, -0.1) is 0 Å². The van der Waals surface area contributed by atoms with Crippen molar-refractivity contribution in [1.82, 2.24) is 4.98 Å². The Morgan fingerprint density at radius 1 is 1.17 bits per heavy atom. The molecule has 0 bridgehead atoms. The van der Waals surface area contributed by atoms with Crippen LogP contribution in [0.1, 0.15) is 23.7 Å². The average Bonchev–Trinajstić information content (AvgIpc) is 3.15. The second-order valence-electron chi connectivity index (χ2n) is 6.66. The van der Waals surface area contributed by atoms with Gasteiger partial charge in [0.25, 0.3) is 5.91 Å². The SMILES string of the molecule is CCCOc1cccc(C(=O)Nc2ccc3oc(-c4ccc(F)cc4Cl)nc3c2)c1. The van der Waals surface area contributed by atoms with Gasteiger partial charge in [0.2, 0.25) is 5.89 Å². The number of carbonyl (C=O) groups is 1. The van der Waals surface area contributed by atoms with Crippen molar-refractivity contribution < 1.29 is 18.3 Å². The van der Waals surface area contributed by atoms with Gasteiger partial charge in [-0.3, -0.25) is 4.79 Å². The molecule has 0 aliphatic rings. The lowest BCUT2D eigenvalue weighted by molar-refractivity contribution is 0.102. The zero-order chi connectivity index (χ0) is 21.1. The summed E-state index contributed by atoms with van der Waals surface area (Å²) in [6, 6.07) is 16.2. The second-order valence-corrected chi connectivity index (χ2v) is 7.06. The smallest absolute Gasteiger partial charge is 0.255 e. The number of halogens is 2. The van der Waals surface area contributed by atoms with Gasteiger partial charge in [-0.1, -0.05) is 24.6 Å². The van der Waals surface area contributed by atoms with Crippen LogP contribution in [0, 0.1) is 5.82 Å². The number of fused-ring (bicyclic) bond motifs is 1. The van der Waals surface area contributed by atoms with Crippen LogP contribution in [0.25, 0.3) is 22.6 Å². The van der Waals surface area contributed by atoms with Gasteiger partial charge >= 0.3 is 0 Å². The first-order valence-electron chi connectivity index (χ1n) is 9.43. The second kappa shape index (κ2) is 8.55. The van der Waals surface area contributed by atoms with Gasteiger partial charge in [0.1, 0.15) is 17.1 Å². The predicted molar refractivity (Wildman–Crippen MR) is 115 cm³/mol. The first-order chi connectivity index (χ1) is 14.5. The zero-order valence-corrected chi connectivity index (χ0v) is 16.9. The van der Waals surface area contributed by atoms with Crippen molar-refractivity contribution in [3.05, 3.63) is 77.1 Å². The van der Waals surface area contributed by atoms with E-state index in [1.807, 2.05) is 13.0 Å². The van der Waals surface area contributed by atoms with Gasteiger partial charge in [0.05, 0.1) is 17.2 Å². The molecular formula is C23H18ClFN2O3. The van der Waals surface area contributed by atoms with E-state index in [2.05, 4.69) is 10.3 Å². The highest BCUT2D eigenvalue weighted by atomic mass is 35.5. The van der Waals surface area contributed by atoms with E-state index in [0.717, 1.165) is 6.42 Å². The monoisotopic (exact) mass is 424 g/mol. The summed E-state index contributed by atoms with van der Waals surface area (Å²) < 4.78 is 24.6. The van der Waals surface area contributed by atoms with Crippen LogP contribution in [0.15, 0.2) is 65.1 Å². The fourth-order valence-corrected chi connectivity index (χ4v) is 3.18. The van der Waals surface area contributed by atoms with Crippen LogP contribution >= 0.6 is 11.6 Å². The number of hydrogen-bond acceptors (Lipinski definition) is 4. The standard InChI is InChI=1S/C23H18ClFN2O3/c1-2-10-29-17-5-3-4-14(11-17)22(28)26-16-7-9-21-20(13-16)27-23(30-21)18-8-6-15(25)12-19(18)24/h3-9,11-13H,2,10H2,1H3,(H,26,28). The van der Waals surface area contributed by atoms with Crippen molar-refractivity contribution >= 4 is 34.3 Å². The van der Waals surface area contributed by atoms with Crippen molar-refractivity contribution in [3.8, 4) is 17.2 Å². The molecule has 4 rings (SSSR count). The Balaban J connectivity index is 1.56.